The van der Waals surface area contributed by atoms with Crippen molar-refractivity contribution in [3.05, 3.63) is 59.6 Å². The lowest BCUT2D eigenvalue weighted by molar-refractivity contribution is -0.0691. The Bertz CT molecular complexity index is 1530. The molecule has 2 aliphatic rings. The fraction of sp³-hybridized carbons (Fsp3) is 0.483. The molecule has 40 heavy (non-hydrogen) atoms. The zero-order valence-corrected chi connectivity index (χ0v) is 23.7. The third-order valence-electron chi connectivity index (χ3n) is 7.85. The van der Waals surface area contributed by atoms with Crippen LogP contribution in [0.15, 0.2) is 41.3 Å². The molecule has 1 atom stereocenters. The van der Waals surface area contributed by atoms with Gasteiger partial charge in [0.05, 0.1) is 42.4 Å². The molecule has 11 nitrogen and oxygen atoms in total. The first-order valence-corrected chi connectivity index (χ1v) is 13.8. The summed E-state index contributed by atoms with van der Waals surface area (Å²) in [5.74, 6) is 0.111. The second-order valence-electron chi connectivity index (χ2n) is 11.9. The number of hydrogen-bond acceptors (Lipinski definition) is 9. The Morgan fingerprint density at radius 3 is 2.67 bits per heavy atom. The number of rotatable bonds is 6. The predicted molar refractivity (Wildman–Crippen MR) is 150 cm³/mol. The molecule has 0 spiro atoms. The summed E-state index contributed by atoms with van der Waals surface area (Å²) >= 11 is 0. The van der Waals surface area contributed by atoms with Crippen LogP contribution in [-0.4, -0.2) is 80.5 Å². The minimum absolute atomic E-state index is 0.0411. The van der Waals surface area contributed by atoms with Gasteiger partial charge in [0.25, 0.3) is 11.7 Å². The maximum atomic E-state index is 12.6. The smallest absolute Gasteiger partial charge is 0.292 e. The molecule has 2 aliphatic heterocycles. The van der Waals surface area contributed by atoms with E-state index in [2.05, 4.69) is 60.6 Å². The van der Waals surface area contributed by atoms with Crippen LogP contribution in [-0.2, 0) is 16.7 Å². The summed E-state index contributed by atoms with van der Waals surface area (Å²) < 4.78 is 12.6. The van der Waals surface area contributed by atoms with Gasteiger partial charge in [-0.2, -0.15) is 10.1 Å². The summed E-state index contributed by atoms with van der Waals surface area (Å²) in [6.07, 6.45) is 3.70. The van der Waals surface area contributed by atoms with Crippen molar-refractivity contribution in [2.75, 3.05) is 37.7 Å². The number of nitrogens with zero attached hydrogens (tertiary/aromatic N) is 7. The highest BCUT2D eigenvalue weighted by molar-refractivity contribution is 5.90. The molecule has 2 fully saturated rings. The highest BCUT2D eigenvalue weighted by atomic mass is 16.5. The van der Waals surface area contributed by atoms with Crippen molar-refractivity contribution < 1.29 is 14.1 Å². The number of aryl methyl sites for hydroxylation is 1. The van der Waals surface area contributed by atoms with Crippen molar-refractivity contribution in [1.29, 1.82) is 0 Å². The van der Waals surface area contributed by atoms with Crippen LogP contribution in [0.4, 0.5) is 5.69 Å². The average molecular weight is 545 g/mol. The number of nitrogens with one attached hydrogen (secondary N) is 1. The molecule has 3 aromatic heterocycles. The van der Waals surface area contributed by atoms with Gasteiger partial charge >= 0.3 is 0 Å². The number of carbonyl (C=O) groups is 1. The number of aromatic nitrogens is 5. The van der Waals surface area contributed by atoms with Gasteiger partial charge in [-0.25, -0.2) is 9.50 Å². The average Bonchev–Trinajstić information content (AvgIpc) is 3.55. The fourth-order valence-electron chi connectivity index (χ4n) is 5.35. The van der Waals surface area contributed by atoms with Gasteiger partial charge in [-0.1, -0.05) is 38.1 Å². The number of ether oxygens (including phenoxy) is 1. The first-order chi connectivity index (χ1) is 19.2. The van der Waals surface area contributed by atoms with Gasteiger partial charge in [-0.05, 0) is 37.1 Å². The molecule has 6 rings (SSSR count). The molecular weight excluding hydrogens is 508 g/mol. The quantitative estimate of drug-likeness (QED) is 0.391. The maximum absolute atomic E-state index is 12.6. The van der Waals surface area contributed by atoms with Gasteiger partial charge in [0.2, 0.25) is 5.89 Å². The molecule has 11 heteroatoms. The Balaban J connectivity index is 1.17. The van der Waals surface area contributed by atoms with Gasteiger partial charge in [0.15, 0.2) is 0 Å². The first-order valence-electron chi connectivity index (χ1n) is 13.8. The molecule has 210 valence electrons. The van der Waals surface area contributed by atoms with Crippen LogP contribution in [0, 0.1) is 6.92 Å². The van der Waals surface area contributed by atoms with Gasteiger partial charge in [0.1, 0.15) is 6.33 Å². The highest BCUT2D eigenvalue weighted by Gasteiger charge is 2.32. The fourth-order valence-corrected chi connectivity index (χ4v) is 5.35. The topological polar surface area (TPSA) is 114 Å². The Morgan fingerprint density at radius 2 is 2.00 bits per heavy atom. The summed E-state index contributed by atoms with van der Waals surface area (Å²) in [7, 11) is 0. The molecule has 5 heterocycles. The summed E-state index contributed by atoms with van der Waals surface area (Å²) in [6.45, 7) is 15.3. The summed E-state index contributed by atoms with van der Waals surface area (Å²) in [5.41, 5.74) is 5.73. The van der Waals surface area contributed by atoms with E-state index in [4.69, 9.17) is 9.26 Å². The van der Waals surface area contributed by atoms with Crippen LogP contribution in [0.25, 0.3) is 16.8 Å². The molecule has 1 unspecified atom stereocenters. The van der Waals surface area contributed by atoms with E-state index in [-0.39, 0.29) is 17.1 Å². The zero-order valence-electron chi connectivity index (χ0n) is 23.7. The van der Waals surface area contributed by atoms with Crippen LogP contribution in [0.3, 0.4) is 0 Å². The van der Waals surface area contributed by atoms with Crippen LogP contribution in [0.1, 0.15) is 55.3 Å². The Kier molecular flexibility index (Phi) is 6.79. The molecule has 0 radical (unpaired) electrons. The number of carbonyl (C=O) groups excluding carboxylic acids is 1. The normalized spacial score (nSPS) is 18.7. The molecule has 0 saturated carbocycles. The molecule has 4 aromatic rings. The largest absolute Gasteiger partial charge is 0.378 e. The summed E-state index contributed by atoms with van der Waals surface area (Å²) in [4.78, 5) is 26.5. The molecule has 1 N–H and O–H groups in total. The van der Waals surface area contributed by atoms with Crippen LogP contribution < -0.4 is 10.2 Å². The molecule has 0 aliphatic carbocycles. The van der Waals surface area contributed by atoms with Crippen LogP contribution in [0.5, 0.6) is 0 Å². The van der Waals surface area contributed by atoms with E-state index in [0.29, 0.717) is 24.5 Å². The second kappa shape index (κ2) is 10.3. The van der Waals surface area contributed by atoms with E-state index in [9.17, 15) is 4.79 Å². The second-order valence-corrected chi connectivity index (χ2v) is 11.9. The van der Waals surface area contributed by atoms with Gasteiger partial charge in [-0.15, -0.1) is 0 Å². The van der Waals surface area contributed by atoms with Crippen molar-refractivity contribution in [2.45, 2.75) is 58.7 Å². The van der Waals surface area contributed by atoms with E-state index >= 15 is 0 Å². The Morgan fingerprint density at radius 1 is 1.18 bits per heavy atom. The minimum Gasteiger partial charge on any atom is -0.378 e. The van der Waals surface area contributed by atoms with E-state index in [0.717, 1.165) is 66.4 Å². The number of amides is 1. The summed E-state index contributed by atoms with van der Waals surface area (Å²) in [6, 6.07) is 9.31. The third-order valence-corrected chi connectivity index (χ3v) is 7.85. The van der Waals surface area contributed by atoms with Crippen molar-refractivity contribution in [3.63, 3.8) is 0 Å². The monoisotopic (exact) mass is 544 g/mol. The number of hydrogen-bond donors (Lipinski definition) is 1. The van der Waals surface area contributed by atoms with Crippen molar-refractivity contribution in [3.8, 4) is 11.3 Å². The summed E-state index contributed by atoms with van der Waals surface area (Å²) in [5, 5.41) is 11.2. The Hall–Kier alpha value is -3.83. The molecule has 2 saturated heterocycles. The lowest BCUT2D eigenvalue weighted by Crippen LogP contribution is -2.59. The van der Waals surface area contributed by atoms with E-state index in [1.165, 1.54) is 0 Å². The number of fused-ring (bicyclic) bond motifs is 1. The van der Waals surface area contributed by atoms with Crippen molar-refractivity contribution in [1.82, 2.24) is 35.0 Å². The SMILES string of the molecule is Cc1cc(-c2ncnn3cc(N4CCN(C5COC5)CC4C)cc23)ccc1CNC(=O)c1noc(C(C)(C)C)n1. The number of piperazine rings is 1. The number of anilines is 1. The van der Waals surface area contributed by atoms with E-state index in [1.54, 1.807) is 6.33 Å². The predicted octanol–water partition coefficient (Wildman–Crippen LogP) is 3.22. The van der Waals surface area contributed by atoms with Crippen LogP contribution in [0.2, 0.25) is 0 Å². The van der Waals surface area contributed by atoms with Crippen LogP contribution >= 0.6 is 0 Å². The maximum Gasteiger partial charge on any atom is 0.292 e. The molecule has 0 bridgehead atoms. The lowest BCUT2D eigenvalue weighted by Gasteiger charge is -2.46. The standard InChI is InChI=1S/C29H36N8O3/c1-18-10-20(6-7-21(18)12-30-27(38)26-33-28(40-34-26)29(3,4)5)25-24-11-22(14-37(24)32-17-31-25)36-9-8-35(13-19(36)2)23-15-39-16-23/h6-7,10-11,14,17,19,23H,8-9,12-13,15-16H2,1-5H3,(H,30,38). The highest BCUT2D eigenvalue weighted by Crippen LogP contribution is 2.30. The first kappa shape index (κ1) is 26.4. The molecule has 1 aromatic carbocycles. The van der Waals surface area contributed by atoms with Gasteiger partial charge < -0.3 is 19.5 Å². The lowest BCUT2D eigenvalue weighted by atomic mass is 9.97. The molecular formula is C29H36N8O3. The Labute approximate surface area is 233 Å². The van der Waals surface area contributed by atoms with E-state index in [1.807, 2.05) is 44.3 Å². The third kappa shape index (κ3) is 5.06. The van der Waals surface area contributed by atoms with Crippen molar-refractivity contribution in [2.24, 2.45) is 0 Å². The van der Waals surface area contributed by atoms with E-state index < -0.39 is 0 Å². The number of benzene rings is 1. The molecule has 1 amide bonds. The minimum atomic E-state index is -0.364. The van der Waals surface area contributed by atoms with Gasteiger partial charge in [-0.3, -0.25) is 9.69 Å². The zero-order chi connectivity index (χ0) is 28.0. The van der Waals surface area contributed by atoms with Gasteiger partial charge in [0, 0.05) is 43.2 Å². The van der Waals surface area contributed by atoms with Crippen molar-refractivity contribution >= 4 is 17.1 Å².